The monoisotopic (exact) mass is 214 g/mol. The van der Waals surface area contributed by atoms with Gasteiger partial charge in [0, 0.05) is 25.7 Å². The number of nitrogens with zero attached hydrogens (tertiary/aromatic N) is 2. The highest BCUT2D eigenvalue weighted by molar-refractivity contribution is 5.79. The molecule has 0 aliphatic rings. The SMILES string of the molecule is CCCN(CC=CC(=O)O)CCN(C)C. The minimum absolute atomic E-state index is 0.716. The maximum absolute atomic E-state index is 10.3. The molecule has 0 aromatic carbocycles. The van der Waals surface area contributed by atoms with Crippen LogP contribution in [0.1, 0.15) is 13.3 Å². The molecule has 0 aromatic heterocycles. The van der Waals surface area contributed by atoms with Crippen LogP contribution >= 0.6 is 0 Å². The van der Waals surface area contributed by atoms with Crippen molar-refractivity contribution in [1.82, 2.24) is 9.80 Å². The van der Waals surface area contributed by atoms with Crippen molar-refractivity contribution in [3.63, 3.8) is 0 Å². The summed E-state index contributed by atoms with van der Waals surface area (Å²) in [7, 11) is 4.08. The van der Waals surface area contributed by atoms with Crippen molar-refractivity contribution in [3.8, 4) is 0 Å². The van der Waals surface area contributed by atoms with Crippen molar-refractivity contribution in [2.45, 2.75) is 13.3 Å². The van der Waals surface area contributed by atoms with Gasteiger partial charge in [0.2, 0.25) is 0 Å². The van der Waals surface area contributed by atoms with E-state index in [9.17, 15) is 4.79 Å². The van der Waals surface area contributed by atoms with Gasteiger partial charge in [0.15, 0.2) is 0 Å². The standard InChI is InChI=1S/C11H22N2O2/c1-4-7-13(10-9-12(2)3)8-5-6-11(14)15/h5-6H,4,7-10H2,1-3H3,(H,14,15). The van der Waals surface area contributed by atoms with Crippen molar-refractivity contribution in [2.24, 2.45) is 0 Å². The first-order chi connectivity index (χ1) is 7.06. The van der Waals surface area contributed by atoms with E-state index in [0.29, 0.717) is 6.54 Å². The molecule has 0 saturated heterocycles. The molecule has 0 rings (SSSR count). The first kappa shape index (κ1) is 14.1. The Morgan fingerprint density at radius 3 is 2.40 bits per heavy atom. The summed E-state index contributed by atoms with van der Waals surface area (Å²) in [6.07, 6.45) is 4.00. The molecular formula is C11H22N2O2. The van der Waals surface area contributed by atoms with Gasteiger partial charge in [-0.3, -0.25) is 4.90 Å². The zero-order chi connectivity index (χ0) is 11.7. The van der Waals surface area contributed by atoms with Gasteiger partial charge in [-0.2, -0.15) is 0 Å². The molecule has 0 aromatic rings. The fourth-order valence-corrected chi connectivity index (χ4v) is 1.25. The number of hydrogen-bond acceptors (Lipinski definition) is 3. The van der Waals surface area contributed by atoms with Gasteiger partial charge in [0.1, 0.15) is 0 Å². The van der Waals surface area contributed by atoms with Crippen molar-refractivity contribution >= 4 is 5.97 Å². The molecule has 0 amide bonds. The van der Waals surface area contributed by atoms with E-state index in [1.54, 1.807) is 6.08 Å². The molecule has 0 aliphatic carbocycles. The average Bonchev–Trinajstić information content (AvgIpc) is 2.13. The number of likely N-dealkylation sites (N-methyl/N-ethyl adjacent to an activating group) is 1. The van der Waals surface area contributed by atoms with Crippen LogP contribution in [-0.4, -0.2) is 61.2 Å². The zero-order valence-corrected chi connectivity index (χ0v) is 9.94. The van der Waals surface area contributed by atoms with Gasteiger partial charge in [0.25, 0.3) is 0 Å². The highest BCUT2D eigenvalue weighted by Crippen LogP contribution is 1.93. The van der Waals surface area contributed by atoms with Crippen LogP contribution in [-0.2, 0) is 4.79 Å². The highest BCUT2D eigenvalue weighted by Gasteiger charge is 2.01. The maximum Gasteiger partial charge on any atom is 0.328 e. The van der Waals surface area contributed by atoms with Crippen molar-refractivity contribution in [1.29, 1.82) is 0 Å². The lowest BCUT2D eigenvalue weighted by atomic mass is 10.3. The predicted molar refractivity (Wildman–Crippen MR) is 62.1 cm³/mol. The third-order valence-electron chi connectivity index (χ3n) is 2.03. The minimum atomic E-state index is -0.876. The number of hydrogen-bond donors (Lipinski definition) is 1. The lowest BCUT2D eigenvalue weighted by Crippen LogP contribution is -2.32. The van der Waals surface area contributed by atoms with Crippen molar-refractivity contribution < 1.29 is 9.90 Å². The summed E-state index contributed by atoms with van der Waals surface area (Å²) in [5.41, 5.74) is 0. The number of carbonyl (C=O) groups is 1. The van der Waals surface area contributed by atoms with Crippen molar-refractivity contribution in [2.75, 3.05) is 40.3 Å². The molecule has 0 fully saturated rings. The lowest BCUT2D eigenvalue weighted by molar-refractivity contribution is -0.131. The smallest absolute Gasteiger partial charge is 0.328 e. The fraction of sp³-hybridized carbons (Fsp3) is 0.727. The highest BCUT2D eigenvalue weighted by atomic mass is 16.4. The maximum atomic E-state index is 10.3. The first-order valence-corrected chi connectivity index (χ1v) is 5.32. The predicted octanol–water partition coefficient (Wildman–Crippen LogP) is 0.901. The van der Waals surface area contributed by atoms with Crippen LogP contribution in [0.5, 0.6) is 0 Å². The molecule has 0 heterocycles. The van der Waals surface area contributed by atoms with Gasteiger partial charge < -0.3 is 10.0 Å². The van der Waals surface area contributed by atoms with E-state index in [1.165, 1.54) is 6.08 Å². The van der Waals surface area contributed by atoms with Gasteiger partial charge in [-0.05, 0) is 27.1 Å². The van der Waals surface area contributed by atoms with Gasteiger partial charge in [0.05, 0.1) is 0 Å². The van der Waals surface area contributed by atoms with Crippen molar-refractivity contribution in [3.05, 3.63) is 12.2 Å². The Balaban J connectivity index is 3.87. The number of carboxylic acids is 1. The summed E-state index contributed by atoms with van der Waals surface area (Å²) in [5.74, 6) is -0.876. The Bertz CT molecular complexity index is 203. The van der Waals surface area contributed by atoms with Crippen LogP contribution in [0.4, 0.5) is 0 Å². The Labute approximate surface area is 92.2 Å². The number of carboxylic acid groups (broad SMARTS) is 1. The molecule has 4 nitrogen and oxygen atoms in total. The van der Waals surface area contributed by atoms with E-state index in [4.69, 9.17) is 5.11 Å². The summed E-state index contributed by atoms with van der Waals surface area (Å²) in [4.78, 5) is 14.7. The summed E-state index contributed by atoms with van der Waals surface area (Å²) in [5, 5.41) is 8.46. The first-order valence-electron chi connectivity index (χ1n) is 5.32. The van der Waals surface area contributed by atoms with E-state index in [0.717, 1.165) is 26.1 Å². The van der Waals surface area contributed by atoms with Crippen LogP contribution in [0.15, 0.2) is 12.2 Å². The molecule has 0 unspecified atom stereocenters. The quantitative estimate of drug-likeness (QED) is 0.610. The van der Waals surface area contributed by atoms with E-state index in [2.05, 4.69) is 16.7 Å². The molecule has 1 N–H and O–H groups in total. The molecule has 0 saturated carbocycles. The second-order valence-electron chi connectivity index (χ2n) is 3.84. The summed E-state index contributed by atoms with van der Waals surface area (Å²) in [6, 6.07) is 0. The van der Waals surface area contributed by atoms with Gasteiger partial charge in [-0.15, -0.1) is 0 Å². The molecule has 0 aliphatic heterocycles. The van der Waals surface area contributed by atoms with E-state index in [1.807, 2.05) is 14.1 Å². The van der Waals surface area contributed by atoms with Crippen LogP contribution in [0.3, 0.4) is 0 Å². The minimum Gasteiger partial charge on any atom is -0.478 e. The average molecular weight is 214 g/mol. The van der Waals surface area contributed by atoms with Crippen LogP contribution < -0.4 is 0 Å². The topological polar surface area (TPSA) is 43.8 Å². The fourth-order valence-electron chi connectivity index (χ4n) is 1.25. The Morgan fingerprint density at radius 2 is 1.93 bits per heavy atom. The Morgan fingerprint density at radius 1 is 1.27 bits per heavy atom. The van der Waals surface area contributed by atoms with E-state index in [-0.39, 0.29) is 0 Å². The zero-order valence-electron chi connectivity index (χ0n) is 9.94. The second-order valence-corrected chi connectivity index (χ2v) is 3.84. The van der Waals surface area contributed by atoms with Gasteiger partial charge >= 0.3 is 5.97 Å². The lowest BCUT2D eigenvalue weighted by Gasteiger charge is -2.21. The van der Waals surface area contributed by atoms with Gasteiger partial charge in [-0.1, -0.05) is 13.0 Å². The molecule has 0 bridgehead atoms. The van der Waals surface area contributed by atoms with Crippen LogP contribution in [0.25, 0.3) is 0 Å². The third-order valence-corrected chi connectivity index (χ3v) is 2.03. The number of rotatable bonds is 8. The van der Waals surface area contributed by atoms with Crippen LogP contribution in [0, 0.1) is 0 Å². The van der Waals surface area contributed by atoms with E-state index < -0.39 is 5.97 Å². The molecule has 4 heteroatoms. The van der Waals surface area contributed by atoms with Gasteiger partial charge in [-0.25, -0.2) is 4.79 Å². The third kappa shape index (κ3) is 9.43. The summed E-state index contributed by atoms with van der Waals surface area (Å²) < 4.78 is 0. The Kier molecular flexibility index (Phi) is 7.95. The molecule has 0 spiro atoms. The van der Waals surface area contributed by atoms with Crippen LogP contribution in [0.2, 0.25) is 0 Å². The molecular weight excluding hydrogens is 192 g/mol. The Hall–Kier alpha value is -0.870. The second kappa shape index (κ2) is 8.44. The molecule has 0 radical (unpaired) electrons. The molecule has 88 valence electrons. The summed E-state index contributed by atoms with van der Waals surface area (Å²) in [6.45, 7) is 5.83. The molecule has 15 heavy (non-hydrogen) atoms. The normalized spacial score (nSPS) is 11.8. The molecule has 0 atom stereocenters. The number of aliphatic carboxylic acids is 1. The summed E-state index contributed by atoms with van der Waals surface area (Å²) >= 11 is 0. The van der Waals surface area contributed by atoms with E-state index >= 15 is 0 Å². The largest absolute Gasteiger partial charge is 0.478 e.